The van der Waals surface area contributed by atoms with Crippen LogP contribution in [-0.4, -0.2) is 14.0 Å². The Bertz CT molecular complexity index is 117. The molecule has 0 amide bonds. The maximum absolute atomic E-state index is 5.52. The average Bonchev–Trinajstić information content (AvgIpc) is 2.13. The molecule has 13 heavy (non-hydrogen) atoms. The SMILES string of the molecule is CCCC(C)CB(OC)C(C)CC. The lowest BCUT2D eigenvalue weighted by molar-refractivity contribution is 0.392. The Morgan fingerprint density at radius 1 is 1.23 bits per heavy atom. The van der Waals surface area contributed by atoms with Crippen molar-refractivity contribution in [2.75, 3.05) is 7.11 Å². The van der Waals surface area contributed by atoms with Crippen LogP contribution >= 0.6 is 0 Å². The molecule has 0 saturated heterocycles. The minimum atomic E-state index is 0.464. The molecular formula is C11H25BO. The van der Waals surface area contributed by atoms with Crippen LogP contribution in [0, 0.1) is 5.92 Å². The Balaban J connectivity index is 3.82. The highest BCUT2D eigenvalue weighted by Gasteiger charge is 2.22. The maximum Gasteiger partial charge on any atom is 0.295 e. The lowest BCUT2D eigenvalue weighted by Gasteiger charge is -2.20. The molecule has 0 aliphatic rings. The molecule has 0 saturated carbocycles. The van der Waals surface area contributed by atoms with Gasteiger partial charge in [0.15, 0.2) is 0 Å². The predicted molar refractivity (Wildman–Crippen MR) is 61.4 cm³/mol. The standard InChI is InChI=1S/C11H25BO/c1-6-8-10(3)9-12(13-5)11(4)7-2/h10-11H,6-9H2,1-5H3. The van der Waals surface area contributed by atoms with Crippen LogP contribution in [0.1, 0.15) is 47.0 Å². The number of hydrogen-bond acceptors (Lipinski definition) is 1. The van der Waals surface area contributed by atoms with Crippen molar-refractivity contribution >= 4 is 6.92 Å². The van der Waals surface area contributed by atoms with Gasteiger partial charge in [-0.3, -0.25) is 0 Å². The van der Waals surface area contributed by atoms with E-state index in [-0.39, 0.29) is 0 Å². The molecule has 0 aromatic carbocycles. The molecule has 0 N–H and O–H groups in total. The summed E-state index contributed by atoms with van der Waals surface area (Å²) in [5.41, 5.74) is 0. The summed E-state index contributed by atoms with van der Waals surface area (Å²) in [6, 6.07) is 0. The second kappa shape index (κ2) is 7.43. The lowest BCUT2D eigenvalue weighted by atomic mass is 9.51. The highest BCUT2D eigenvalue weighted by atomic mass is 16.4. The van der Waals surface area contributed by atoms with Crippen LogP contribution in [0.2, 0.25) is 12.1 Å². The Hall–Kier alpha value is 0.0249. The molecule has 0 fully saturated rings. The molecule has 1 nitrogen and oxygen atoms in total. The van der Waals surface area contributed by atoms with Crippen molar-refractivity contribution < 1.29 is 4.65 Å². The molecule has 0 radical (unpaired) electrons. The molecule has 0 rings (SSSR count). The van der Waals surface area contributed by atoms with Gasteiger partial charge in [0, 0.05) is 7.11 Å². The summed E-state index contributed by atoms with van der Waals surface area (Å²) in [5.74, 6) is 1.51. The fourth-order valence-corrected chi connectivity index (χ4v) is 1.83. The summed E-state index contributed by atoms with van der Waals surface area (Å²) in [6.07, 6.45) is 5.06. The van der Waals surface area contributed by atoms with E-state index in [4.69, 9.17) is 4.65 Å². The zero-order valence-electron chi connectivity index (χ0n) is 9.97. The second-order valence-electron chi connectivity index (χ2n) is 4.29. The maximum atomic E-state index is 5.52. The highest BCUT2D eigenvalue weighted by molar-refractivity contribution is 6.53. The third kappa shape index (κ3) is 5.35. The van der Waals surface area contributed by atoms with E-state index >= 15 is 0 Å². The number of hydrogen-bond donors (Lipinski definition) is 0. The van der Waals surface area contributed by atoms with Gasteiger partial charge >= 0.3 is 0 Å². The summed E-state index contributed by atoms with van der Waals surface area (Å²) in [6.45, 7) is 9.57. The molecule has 0 spiro atoms. The summed E-state index contributed by atoms with van der Waals surface area (Å²) < 4.78 is 5.52. The summed E-state index contributed by atoms with van der Waals surface area (Å²) in [4.78, 5) is 0. The molecule has 2 atom stereocenters. The van der Waals surface area contributed by atoms with Crippen molar-refractivity contribution in [3.05, 3.63) is 0 Å². The van der Waals surface area contributed by atoms with Crippen LogP contribution in [0.4, 0.5) is 0 Å². The van der Waals surface area contributed by atoms with Crippen LogP contribution in [0.3, 0.4) is 0 Å². The molecular weight excluding hydrogens is 159 g/mol. The van der Waals surface area contributed by atoms with Gasteiger partial charge in [-0.05, 0) is 18.1 Å². The van der Waals surface area contributed by atoms with Gasteiger partial charge in [-0.25, -0.2) is 0 Å². The first-order valence-electron chi connectivity index (χ1n) is 5.68. The largest absolute Gasteiger partial charge is 0.438 e. The monoisotopic (exact) mass is 184 g/mol. The van der Waals surface area contributed by atoms with E-state index in [2.05, 4.69) is 27.7 Å². The third-order valence-electron chi connectivity index (χ3n) is 3.00. The molecule has 0 aromatic heterocycles. The summed E-state index contributed by atoms with van der Waals surface area (Å²) >= 11 is 0. The van der Waals surface area contributed by atoms with Gasteiger partial charge < -0.3 is 4.65 Å². The molecule has 2 heteroatoms. The zero-order chi connectivity index (χ0) is 10.3. The fourth-order valence-electron chi connectivity index (χ4n) is 1.83. The zero-order valence-corrected chi connectivity index (χ0v) is 9.97. The van der Waals surface area contributed by atoms with Gasteiger partial charge in [-0.15, -0.1) is 0 Å². The molecule has 78 valence electrons. The van der Waals surface area contributed by atoms with E-state index in [9.17, 15) is 0 Å². The second-order valence-corrected chi connectivity index (χ2v) is 4.29. The fraction of sp³-hybridized carbons (Fsp3) is 1.00. The molecule has 0 aliphatic carbocycles. The Morgan fingerprint density at radius 2 is 1.85 bits per heavy atom. The first kappa shape index (κ1) is 13.0. The van der Waals surface area contributed by atoms with E-state index in [1.807, 2.05) is 7.11 Å². The highest BCUT2D eigenvalue weighted by Crippen LogP contribution is 2.23. The Labute approximate surface area is 84.4 Å². The Kier molecular flexibility index (Phi) is 7.45. The van der Waals surface area contributed by atoms with E-state index in [0.29, 0.717) is 12.7 Å². The summed E-state index contributed by atoms with van der Waals surface area (Å²) in [7, 11) is 1.84. The molecule has 0 bridgehead atoms. The first-order valence-corrected chi connectivity index (χ1v) is 5.68. The van der Waals surface area contributed by atoms with E-state index in [1.54, 1.807) is 0 Å². The van der Waals surface area contributed by atoms with Crippen molar-refractivity contribution in [3.8, 4) is 0 Å². The van der Waals surface area contributed by atoms with Gasteiger partial charge in [0.05, 0.1) is 0 Å². The topological polar surface area (TPSA) is 9.23 Å². The minimum absolute atomic E-state index is 0.464. The van der Waals surface area contributed by atoms with Crippen molar-refractivity contribution in [3.63, 3.8) is 0 Å². The van der Waals surface area contributed by atoms with Gasteiger partial charge in [-0.2, -0.15) is 0 Å². The molecule has 0 aromatic rings. The predicted octanol–water partition coefficient (Wildman–Crippen LogP) is 3.86. The number of rotatable bonds is 7. The summed E-state index contributed by atoms with van der Waals surface area (Å²) in [5, 5.41) is 0. The van der Waals surface area contributed by atoms with Crippen LogP contribution in [0.25, 0.3) is 0 Å². The van der Waals surface area contributed by atoms with E-state index in [0.717, 1.165) is 5.92 Å². The molecule has 0 heterocycles. The first-order chi connectivity index (χ1) is 6.15. The molecule has 0 aliphatic heterocycles. The van der Waals surface area contributed by atoms with Gasteiger partial charge in [0.1, 0.15) is 0 Å². The van der Waals surface area contributed by atoms with Crippen molar-refractivity contribution in [2.45, 2.75) is 59.1 Å². The van der Waals surface area contributed by atoms with Crippen LogP contribution in [0.5, 0.6) is 0 Å². The van der Waals surface area contributed by atoms with Crippen LogP contribution in [-0.2, 0) is 4.65 Å². The van der Waals surface area contributed by atoms with Gasteiger partial charge in [0.25, 0.3) is 6.92 Å². The van der Waals surface area contributed by atoms with Crippen molar-refractivity contribution in [2.24, 2.45) is 5.92 Å². The normalized spacial score (nSPS) is 15.5. The van der Waals surface area contributed by atoms with Gasteiger partial charge in [-0.1, -0.05) is 47.0 Å². The van der Waals surface area contributed by atoms with E-state index < -0.39 is 0 Å². The van der Waals surface area contributed by atoms with Crippen LogP contribution in [0.15, 0.2) is 0 Å². The average molecular weight is 184 g/mol. The van der Waals surface area contributed by atoms with Crippen molar-refractivity contribution in [1.29, 1.82) is 0 Å². The third-order valence-corrected chi connectivity index (χ3v) is 3.00. The lowest BCUT2D eigenvalue weighted by Crippen LogP contribution is -2.23. The quantitative estimate of drug-likeness (QED) is 0.546. The van der Waals surface area contributed by atoms with Crippen molar-refractivity contribution in [1.82, 2.24) is 0 Å². The smallest absolute Gasteiger partial charge is 0.295 e. The minimum Gasteiger partial charge on any atom is -0.438 e. The van der Waals surface area contributed by atoms with Gasteiger partial charge in [0.2, 0.25) is 0 Å². The molecule has 2 unspecified atom stereocenters. The Morgan fingerprint density at radius 3 is 2.23 bits per heavy atom. The van der Waals surface area contributed by atoms with Crippen LogP contribution < -0.4 is 0 Å². The van der Waals surface area contributed by atoms with E-state index in [1.165, 1.54) is 25.6 Å².